The molecule has 2 aromatic carbocycles. The Balaban J connectivity index is 1.92. The van der Waals surface area contributed by atoms with Gasteiger partial charge in [0.1, 0.15) is 11.5 Å². The van der Waals surface area contributed by atoms with Crippen molar-refractivity contribution in [2.24, 2.45) is 0 Å². The summed E-state index contributed by atoms with van der Waals surface area (Å²) in [5.74, 6) is -2.65. The summed E-state index contributed by atoms with van der Waals surface area (Å²) >= 11 is 0. The van der Waals surface area contributed by atoms with Crippen molar-refractivity contribution in [2.45, 2.75) is 0 Å². The van der Waals surface area contributed by atoms with Crippen molar-refractivity contribution in [3.63, 3.8) is 0 Å². The molecular formula is C14H7F2NO3. The Bertz CT molecular complexity index is 743. The van der Waals surface area contributed by atoms with Gasteiger partial charge < -0.3 is 4.74 Å². The summed E-state index contributed by atoms with van der Waals surface area (Å²) in [7, 11) is 0. The van der Waals surface area contributed by atoms with Crippen LogP contribution in [0.25, 0.3) is 0 Å². The maximum absolute atomic E-state index is 13.1. The molecule has 1 N–H and O–H groups in total. The lowest BCUT2D eigenvalue weighted by molar-refractivity contribution is 0.0879. The van der Waals surface area contributed by atoms with Gasteiger partial charge in [0.2, 0.25) is 0 Å². The second-order valence-corrected chi connectivity index (χ2v) is 4.17. The van der Waals surface area contributed by atoms with Crippen molar-refractivity contribution in [1.29, 1.82) is 0 Å². The monoisotopic (exact) mass is 275 g/mol. The molecule has 0 saturated carbocycles. The lowest BCUT2D eigenvalue weighted by Crippen LogP contribution is -2.19. The van der Waals surface area contributed by atoms with Gasteiger partial charge in [-0.15, -0.1) is 0 Å². The van der Waals surface area contributed by atoms with Gasteiger partial charge >= 0.3 is 0 Å². The summed E-state index contributed by atoms with van der Waals surface area (Å²) in [4.78, 5) is 22.8. The van der Waals surface area contributed by atoms with E-state index >= 15 is 0 Å². The fraction of sp³-hybridized carbons (Fsp3) is 0. The normalized spacial score (nSPS) is 13.1. The molecule has 0 unspecified atom stereocenters. The predicted molar refractivity (Wildman–Crippen MR) is 64.7 cm³/mol. The van der Waals surface area contributed by atoms with Crippen LogP contribution in [0, 0.1) is 11.6 Å². The fourth-order valence-corrected chi connectivity index (χ4v) is 1.89. The summed E-state index contributed by atoms with van der Waals surface area (Å²) in [6.45, 7) is 0. The van der Waals surface area contributed by atoms with E-state index in [-0.39, 0.29) is 22.6 Å². The maximum atomic E-state index is 13.1. The van der Waals surface area contributed by atoms with Gasteiger partial charge in [0.25, 0.3) is 11.8 Å². The molecule has 3 rings (SSSR count). The highest BCUT2D eigenvalue weighted by molar-refractivity contribution is 6.21. The number of hydrogen-bond acceptors (Lipinski definition) is 3. The predicted octanol–water partition coefficient (Wildman–Crippen LogP) is 2.64. The first-order valence-corrected chi connectivity index (χ1v) is 5.67. The quantitative estimate of drug-likeness (QED) is 0.857. The molecule has 1 heterocycles. The van der Waals surface area contributed by atoms with Crippen molar-refractivity contribution in [3.05, 3.63) is 59.2 Å². The van der Waals surface area contributed by atoms with Gasteiger partial charge in [0.15, 0.2) is 11.6 Å². The zero-order valence-corrected chi connectivity index (χ0v) is 9.94. The summed E-state index contributed by atoms with van der Waals surface area (Å²) < 4.78 is 31.2. The van der Waals surface area contributed by atoms with Gasteiger partial charge in [-0.05, 0) is 30.3 Å². The Hall–Kier alpha value is -2.76. The highest BCUT2D eigenvalue weighted by Gasteiger charge is 2.26. The molecule has 1 aliphatic rings. The fourth-order valence-electron chi connectivity index (χ4n) is 1.89. The van der Waals surface area contributed by atoms with Crippen LogP contribution in [0.2, 0.25) is 0 Å². The third kappa shape index (κ3) is 2.01. The number of amides is 2. The Morgan fingerprint density at radius 1 is 0.800 bits per heavy atom. The van der Waals surface area contributed by atoms with Crippen LogP contribution in [0.3, 0.4) is 0 Å². The van der Waals surface area contributed by atoms with Crippen molar-refractivity contribution >= 4 is 11.8 Å². The van der Waals surface area contributed by atoms with Crippen molar-refractivity contribution in [2.75, 3.05) is 0 Å². The number of fused-ring (bicyclic) bond motifs is 1. The summed E-state index contributed by atoms with van der Waals surface area (Å²) in [5, 5.41) is 2.15. The van der Waals surface area contributed by atoms with E-state index < -0.39 is 23.4 Å². The highest BCUT2D eigenvalue weighted by Crippen LogP contribution is 2.27. The molecule has 0 aromatic heterocycles. The van der Waals surface area contributed by atoms with E-state index in [1.807, 2.05) is 0 Å². The number of hydrogen-bond donors (Lipinski definition) is 1. The lowest BCUT2D eigenvalue weighted by atomic mass is 10.1. The first-order chi connectivity index (χ1) is 9.54. The van der Waals surface area contributed by atoms with E-state index in [0.29, 0.717) is 0 Å². The average molecular weight is 275 g/mol. The number of carbonyl (C=O) groups is 2. The molecule has 2 amide bonds. The van der Waals surface area contributed by atoms with Crippen LogP contribution in [-0.2, 0) is 0 Å². The first-order valence-electron chi connectivity index (χ1n) is 5.67. The molecular weight excluding hydrogens is 268 g/mol. The van der Waals surface area contributed by atoms with E-state index in [1.165, 1.54) is 24.3 Å². The number of rotatable bonds is 2. The van der Waals surface area contributed by atoms with Crippen LogP contribution in [0.4, 0.5) is 8.78 Å². The van der Waals surface area contributed by atoms with Gasteiger partial charge in [0, 0.05) is 6.07 Å². The second-order valence-electron chi connectivity index (χ2n) is 4.17. The van der Waals surface area contributed by atoms with E-state index in [2.05, 4.69) is 5.32 Å². The molecule has 0 aliphatic carbocycles. The Morgan fingerprint density at radius 3 is 2.20 bits per heavy atom. The van der Waals surface area contributed by atoms with Crippen molar-refractivity contribution in [1.82, 2.24) is 5.32 Å². The molecule has 0 spiro atoms. The van der Waals surface area contributed by atoms with Crippen molar-refractivity contribution < 1.29 is 23.1 Å². The average Bonchev–Trinajstić information content (AvgIpc) is 2.69. The van der Waals surface area contributed by atoms with Gasteiger partial charge in [0.05, 0.1) is 11.1 Å². The molecule has 0 saturated heterocycles. The first kappa shape index (κ1) is 12.3. The summed E-state index contributed by atoms with van der Waals surface area (Å²) in [6.07, 6.45) is 0. The van der Waals surface area contributed by atoms with Crippen LogP contribution in [0.15, 0.2) is 36.4 Å². The van der Waals surface area contributed by atoms with Crippen LogP contribution in [0.1, 0.15) is 20.7 Å². The largest absolute Gasteiger partial charge is 0.457 e. The van der Waals surface area contributed by atoms with Gasteiger partial charge in [-0.2, -0.15) is 0 Å². The summed E-state index contributed by atoms with van der Waals surface area (Å²) in [5.41, 5.74) is 0.447. The smallest absolute Gasteiger partial charge is 0.259 e. The molecule has 4 nitrogen and oxygen atoms in total. The van der Waals surface area contributed by atoms with Gasteiger partial charge in [-0.3, -0.25) is 14.9 Å². The topological polar surface area (TPSA) is 55.4 Å². The number of carbonyl (C=O) groups excluding carboxylic acids is 2. The Morgan fingerprint density at radius 2 is 1.45 bits per heavy atom. The van der Waals surface area contributed by atoms with E-state index in [4.69, 9.17) is 4.74 Å². The second kappa shape index (κ2) is 4.41. The van der Waals surface area contributed by atoms with Gasteiger partial charge in [-0.25, -0.2) is 8.78 Å². The third-order valence-corrected chi connectivity index (χ3v) is 2.83. The molecule has 100 valence electrons. The van der Waals surface area contributed by atoms with E-state index in [0.717, 1.165) is 12.1 Å². The third-order valence-electron chi connectivity index (χ3n) is 2.83. The molecule has 0 atom stereocenters. The SMILES string of the molecule is O=C1NC(=O)c2cc(Oc3ccc(F)c(F)c3)ccc21. The van der Waals surface area contributed by atoms with Crippen molar-refractivity contribution in [3.8, 4) is 11.5 Å². The molecule has 20 heavy (non-hydrogen) atoms. The van der Waals surface area contributed by atoms with E-state index in [9.17, 15) is 18.4 Å². The number of benzene rings is 2. The van der Waals surface area contributed by atoms with Gasteiger partial charge in [-0.1, -0.05) is 0 Å². The zero-order chi connectivity index (χ0) is 14.3. The van der Waals surface area contributed by atoms with Crippen LogP contribution >= 0.6 is 0 Å². The number of halogens is 2. The number of nitrogens with one attached hydrogen (secondary N) is 1. The van der Waals surface area contributed by atoms with Crippen LogP contribution in [0.5, 0.6) is 11.5 Å². The molecule has 1 aliphatic heterocycles. The van der Waals surface area contributed by atoms with Crippen LogP contribution < -0.4 is 10.1 Å². The standard InChI is InChI=1S/C14H7F2NO3/c15-11-4-2-8(6-12(11)16)20-7-1-3-9-10(5-7)14(19)17-13(9)18/h1-6H,(H,17,18,19). The molecule has 0 fully saturated rings. The highest BCUT2D eigenvalue weighted by atomic mass is 19.2. The number of imide groups is 1. The Kier molecular flexibility index (Phi) is 2.71. The summed E-state index contributed by atoms with van der Waals surface area (Å²) in [6, 6.07) is 7.37. The minimum Gasteiger partial charge on any atom is -0.457 e. The van der Waals surface area contributed by atoms with E-state index in [1.54, 1.807) is 0 Å². The lowest BCUT2D eigenvalue weighted by Gasteiger charge is -2.06. The number of ether oxygens (including phenoxy) is 1. The molecule has 6 heteroatoms. The Labute approximate surface area is 112 Å². The molecule has 0 bridgehead atoms. The minimum absolute atomic E-state index is 0.0913. The minimum atomic E-state index is -1.03. The maximum Gasteiger partial charge on any atom is 0.259 e. The zero-order valence-electron chi connectivity index (χ0n) is 9.94. The van der Waals surface area contributed by atoms with Crippen LogP contribution in [-0.4, -0.2) is 11.8 Å². The molecule has 0 radical (unpaired) electrons. The molecule has 2 aromatic rings.